The first kappa shape index (κ1) is 21.6. The maximum atomic E-state index is 14.2. The Morgan fingerprint density at radius 2 is 1.85 bits per heavy atom. The van der Waals surface area contributed by atoms with Gasteiger partial charge in [0.25, 0.3) is 0 Å². The first-order valence-corrected chi connectivity index (χ1v) is 11.8. The molecule has 0 bridgehead atoms. The molecule has 0 radical (unpaired) electrons. The summed E-state index contributed by atoms with van der Waals surface area (Å²) < 4.78 is 14.2. The lowest BCUT2D eigenvalue weighted by Gasteiger charge is -2.30. The van der Waals surface area contributed by atoms with E-state index in [1.165, 1.54) is 22.4 Å². The summed E-state index contributed by atoms with van der Waals surface area (Å²) in [6.45, 7) is 1.21. The van der Waals surface area contributed by atoms with Crippen LogP contribution in [0.25, 0.3) is 10.8 Å². The molecule has 2 aliphatic heterocycles. The number of amides is 2. The van der Waals surface area contributed by atoms with Gasteiger partial charge in [-0.15, -0.1) is 0 Å². The Labute approximate surface area is 193 Å². The lowest BCUT2D eigenvalue weighted by molar-refractivity contribution is -0.131. The van der Waals surface area contributed by atoms with Crippen molar-refractivity contribution in [3.8, 4) is 0 Å². The van der Waals surface area contributed by atoms with Crippen LogP contribution in [0.3, 0.4) is 0 Å². The zero-order valence-electron chi connectivity index (χ0n) is 18.7. The van der Waals surface area contributed by atoms with Gasteiger partial charge in [-0.3, -0.25) is 9.59 Å². The fourth-order valence-electron chi connectivity index (χ4n) is 5.47. The summed E-state index contributed by atoms with van der Waals surface area (Å²) in [6.07, 6.45) is 3.74. The molecule has 2 aliphatic rings. The number of carbonyl (C=O) groups excluding carboxylic acids is 2. The summed E-state index contributed by atoms with van der Waals surface area (Å²) in [4.78, 5) is 27.0. The van der Waals surface area contributed by atoms with Crippen molar-refractivity contribution in [2.75, 3.05) is 13.1 Å². The highest BCUT2D eigenvalue weighted by Gasteiger charge is 2.39. The summed E-state index contributed by atoms with van der Waals surface area (Å²) in [5.74, 6) is 0.00426. The lowest BCUT2D eigenvalue weighted by Crippen LogP contribution is -2.44. The third-order valence-corrected chi connectivity index (χ3v) is 7.30. The topological polar surface area (TPSA) is 49.4 Å². The maximum absolute atomic E-state index is 14.2. The second-order valence-electron chi connectivity index (χ2n) is 9.53. The van der Waals surface area contributed by atoms with Crippen LogP contribution in [0.1, 0.15) is 49.1 Å². The molecule has 170 valence electrons. The fourth-order valence-corrected chi connectivity index (χ4v) is 5.47. The van der Waals surface area contributed by atoms with Crippen molar-refractivity contribution < 1.29 is 14.0 Å². The minimum atomic E-state index is -0.389. The molecule has 3 aromatic carbocycles. The quantitative estimate of drug-likeness (QED) is 0.584. The van der Waals surface area contributed by atoms with Crippen molar-refractivity contribution in [2.45, 2.75) is 50.0 Å². The summed E-state index contributed by atoms with van der Waals surface area (Å²) in [5, 5.41) is 5.57. The highest BCUT2D eigenvalue weighted by atomic mass is 19.1. The smallest absolute Gasteiger partial charge is 0.222 e. The highest BCUT2D eigenvalue weighted by molar-refractivity contribution is 5.83. The van der Waals surface area contributed by atoms with Crippen LogP contribution >= 0.6 is 0 Å². The number of nitrogens with one attached hydrogen (secondary N) is 1. The van der Waals surface area contributed by atoms with Gasteiger partial charge in [-0.2, -0.15) is 0 Å². The van der Waals surface area contributed by atoms with Gasteiger partial charge in [0.05, 0.1) is 0 Å². The van der Waals surface area contributed by atoms with E-state index in [0.29, 0.717) is 44.3 Å². The van der Waals surface area contributed by atoms with Crippen LogP contribution in [-0.2, 0) is 16.0 Å². The van der Waals surface area contributed by atoms with E-state index in [-0.39, 0.29) is 29.1 Å². The zero-order chi connectivity index (χ0) is 22.8. The molecule has 0 aliphatic carbocycles. The van der Waals surface area contributed by atoms with Crippen LogP contribution in [0.15, 0.2) is 66.7 Å². The molecule has 4 nitrogen and oxygen atoms in total. The molecule has 5 heteroatoms. The van der Waals surface area contributed by atoms with E-state index in [2.05, 4.69) is 35.6 Å². The first-order valence-electron chi connectivity index (χ1n) is 11.8. The van der Waals surface area contributed by atoms with E-state index in [4.69, 9.17) is 0 Å². The molecular weight excluding hydrogens is 415 g/mol. The number of rotatable bonds is 6. The zero-order valence-corrected chi connectivity index (χ0v) is 18.7. The van der Waals surface area contributed by atoms with Crippen LogP contribution in [0.4, 0.5) is 4.39 Å². The van der Waals surface area contributed by atoms with Crippen LogP contribution in [0, 0.1) is 5.82 Å². The summed E-state index contributed by atoms with van der Waals surface area (Å²) in [6, 6.07) is 21.5. The van der Waals surface area contributed by atoms with Crippen molar-refractivity contribution in [1.82, 2.24) is 10.2 Å². The minimum Gasteiger partial charge on any atom is -0.350 e. The molecule has 0 aromatic heterocycles. The van der Waals surface area contributed by atoms with Crippen molar-refractivity contribution in [3.05, 3.63) is 83.7 Å². The summed E-state index contributed by atoms with van der Waals surface area (Å²) in [5.41, 5.74) is 1.48. The summed E-state index contributed by atoms with van der Waals surface area (Å²) >= 11 is 0. The van der Waals surface area contributed by atoms with Gasteiger partial charge in [-0.25, -0.2) is 4.39 Å². The van der Waals surface area contributed by atoms with E-state index in [1.54, 1.807) is 6.07 Å². The van der Waals surface area contributed by atoms with Crippen molar-refractivity contribution in [2.24, 2.45) is 0 Å². The standard InChI is InChI=1S/C28H29FN2O2/c29-25-8-4-3-7-24(25)23-13-16-31(19-23)27(33)12-15-28(14-11-26(32)30-28)18-20-9-10-21-5-1-2-6-22(21)17-20/h1-10,17,23H,11-16,18-19H2,(H,30,32)/t23-,28-/m0/s1. The number of likely N-dealkylation sites (tertiary alicyclic amines) is 1. The summed E-state index contributed by atoms with van der Waals surface area (Å²) in [7, 11) is 0. The van der Waals surface area contributed by atoms with Gasteiger partial charge in [0.1, 0.15) is 5.82 Å². The normalized spacial score (nSPS) is 22.6. The van der Waals surface area contributed by atoms with Crippen LogP contribution < -0.4 is 5.32 Å². The van der Waals surface area contributed by atoms with Crippen molar-refractivity contribution >= 4 is 22.6 Å². The monoisotopic (exact) mass is 444 g/mol. The molecule has 2 fully saturated rings. The number of nitrogens with zero attached hydrogens (tertiary/aromatic N) is 1. The number of carbonyl (C=O) groups is 2. The van der Waals surface area contributed by atoms with Gasteiger partial charge in [-0.05, 0) is 53.6 Å². The first-order chi connectivity index (χ1) is 16.0. The largest absolute Gasteiger partial charge is 0.350 e. The number of hydrogen-bond donors (Lipinski definition) is 1. The van der Waals surface area contributed by atoms with Crippen LogP contribution in [-0.4, -0.2) is 35.3 Å². The minimum absolute atomic E-state index is 0.0490. The molecular formula is C28H29FN2O2. The Balaban J connectivity index is 1.25. The molecule has 5 rings (SSSR count). The Kier molecular flexibility index (Phi) is 5.88. The number of fused-ring (bicyclic) bond motifs is 1. The molecule has 1 N–H and O–H groups in total. The molecule has 0 unspecified atom stereocenters. The second kappa shape index (κ2) is 8.97. The Morgan fingerprint density at radius 1 is 1.06 bits per heavy atom. The molecule has 3 aromatic rings. The molecule has 2 amide bonds. The van der Waals surface area contributed by atoms with Gasteiger partial charge >= 0.3 is 0 Å². The van der Waals surface area contributed by atoms with Gasteiger partial charge in [-0.1, -0.05) is 60.7 Å². The van der Waals surface area contributed by atoms with Crippen molar-refractivity contribution in [1.29, 1.82) is 0 Å². The molecule has 2 atom stereocenters. The maximum Gasteiger partial charge on any atom is 0.222 e. The van der Waals surface area contributed by atoms with E-state index in [1.807, 2.05) is 29.2 Å². The predicted molar refractivity (Wildman–Crippen MR) is 127 cm³/mol. The average Bonchev–Trinajstić information content (AvgIpc) is 3.45. The van der Waals surface area contributed by atoms with Crippen molar-refractivity contribution in [3.63, 3.8) is 0 Å². The second-order valence-corrected chi connectivity index (χ2v) is 9.53. The number of halogens is 1. The SMILES string of the molecule is O=C1CC[C@](CCC(=O)N2CC[C@H](c3ccccc3F)C2)(Cc2ccc3ccccc3c2)N1. The van der Waals surface area contributed by atoms with E-state index in [0.717, 1.165) is 12.8 Å². The number of benzene rings is 3. The Morgan fingerprint density at radius 3 is 2.64 bits per heavy atom. The molecule has 0 spiro atoms. The van der Waals surface area contributed by atoms with Gasteiger partial charge in [0.2, 0.25) is 11.8 Å². The van der Waals surface area contributed by atoms with Crippen LogP contribution in [0.5, 0.6) is 0 Å². The van der Waals surface area contributed by atoms with E-state index < -0.39 is 0 Å². The fraction of sp³-hybridized carbons (Fsp3) is 0.357. The lowest BCUT2D eigenvalue weighted by atomic mass is 9.84. The highest BCUT2D eigenvalue weighted by Crippen LogP contribution is 2.33. The molecule has 2 heterocycles. The van der Waals surface area contributed by atoms with E-state index in [9.17, 15) is 14.0 Å². The third kappa shape index (κ3) is 4.63. The van der Waals surface area contributed by atoms with Crippen LogP contribution in [0.2, 0.25) is 0 Å². The Bertz CT molecular complexity index is 1190. The van der Waals surface area contributed by atoms with Gasteiger partial charge in [0.15, 0.2) is 0 Å². The van der Waals surface area contributed by atoms with Gasteiger partial charge in [0, 0.05) is 37.4 Å². The number of hydrogen-bond acceptors (Lipinski definition) is 2. The third-order valence-electron chi connectivity index (χ3n) is 7.30. The average molecular weight is 445 g/mol. The molecule has 0 saturated carbocycles. The van der Waals surface area contributed by atoms with Gasteiger partial charge < -0.3 is 10.2 Å². The Hall–Kier alpha value is -3.21. The molecule has 2 saturated heterocycles. The predicted octanol–water partition coefficient (Wildman–Crippen LogP) is 4.97. The molecule has 33 heavy (non-hydrogen) atoms. The van der Waals surface area contributed by atoms with E-state index >= 15 is 0 Å².